The highest BCUT2D eigenvalue weighted by Crippen LogP contribution is 2.25. The lowest BCUT2D eigenvalue weighted by atomic mass is 10.1. The van der Waals surface area contributed by atoms with Crippen LogP contribution in [0, 0.1) is 19.8 Å². The van der Waals surface area contributed by atoms with Gasteiger partial charge in [-0.05, 0) is 49.4 Å². The Morgan fingerprint density at radius 3 is 2.74 bits per heavy atom. The third kappa shape index (κ3) is 3.96. The zero-order valence-corrected chi connectivity index (χ0v) is 14.2. The van der Waals surface area contributed by atoms with Crippen molar-refractivity contribution in [1.82, 2.24) is 10.2 Å². The molecule has 3 rings (SSSR count). The number of rotatable bonds is 3. The lowest BCUT2D eigenvalue weighted by molar-refractivity contribution is 0.0530. The maximum absolute atomic E-state index is 12.1. The van der Waals surface area contributed by atoms with Crippen LogP contribution >= 0.6 is 0 Å². The van der Waals surface area contributed by atoms with Gasteiger partial charge in [0.05, 0.1) is 13.2 Å². The first-order valence-corrected chi connectivity index (χ1v) is 8.56. The number of morpholine rings is 1. The van der Waals surface area contributed by atoms with Crippen LogP contribution in [0.15, 0.2) is 18.2 Å². The number of nitrogens with zero attached hydrogens (tertiary/aromatic N) is 2. The fourth-order valence-corrected chi connectivity index (χ4v) is 3.27. The molecule has 1 aromatic carbocycles. The fourth-order valence-electron chi connectivity index (χ4n) is 3.27. The molecule has 2 aliphatic heterocycles. The van der Waals surface area contributed by atoms with E-state index in [1.807, 2.05) is 4.90 Å². The quantitative estimate of drug-likeness (QED) is 0.929. The molecule has 1 atom stereocenters. The van der Waals surface area contributed by atoms with Gasteiger partial charge in [-0.15, -0.1) is 0 Å². The van der Waals surface area contributed by atoms with Crippen LogP contribution < -0.4 is 10.2 Å². The van der Waals surface area contributed by atoms with E-state index in [-0.39, 0.29) is 6.03 Å². The third-order valence-corrected chi connectivity index (χ3v) is 4.98. The first-order valence-electron chi connectivity index (χ1n) is 8.56. The third-order valence-electron chi connectivity index (χ3n) is 4.98. The van der Waals surface area contributed by atoms with Crippen molar-refractivity contribution < 1.29 is 9.53 Å². The van der Waals surface area contributed by atoms with Gasteiger partial charge in [0, 0.05) is 38.4 Å². The number of hydrogen-bond acceptors (Lipinski definition) is 3. The van der Waals surface area contributed by atoms with E-state index in [0.717, 1.165) is 26.1 Å². The molecule has 2 heterocycles. The zero-order valence-electron chi connectivity index (χ0n) is 14.2. The van der Waals surface area contributed by atoms with E-state index in [2.05, 4.69) is 42.3 Å². The monoisotopic (exact) mass is 317 g/mol. The first kappa shape index (κ1) is 16.1. The van der Waals surface area contributed by atoms with Gasteiger partial charge in [-0.3, -0.25) is 0 Å². The van der Waals surface area contributed by atoms with Gasteiger partial charge in [0.15, 0.2) is 0 Å². The predicted molar refractivity (Wildman–Crippen MR) is 92.0 cm³/mol. The number of anilines is 1. The van der Waals surface area contributed by atoms with Gasteiger partial charge in [0.2, 0.25) is 0 Å². The number of ether oxygens (including phenoxy) is 1. The Hall–Kier alpha value is -1.75. The molecule has 2 amide bonds. The smallest absolute Gasteiger partial charge is 0.317 e. The second-order valence-corrected chi connectivity index (χ2v) is 6.65. The summed E-state index contributed by atoms with van der Waals surface area (Å²) < 4.78 is 5.28. The number of amides is 2. The predicted octanol–water partition coefficient (Wildman–Crippen LogP) is 2.17. The van der Waals surface area contributed by atoms with Gasteiger partial charge in [0.25, 0.3) is 0 Å². The topological polar surface area (TPSA) is 44.8 Å². The minimum absolute atomic E-state index is 0.0536. The van der Waals surface area contributed by atoms with Crippen molar-refractivity contribution >= 4 is 11.7 Å². The zero-order chi connectivity index (χ0) is 16.2. The Labute approximate surface area is 138 Å². The van der Waals surface area contributed by atoms with Crippen molar-refractivity contribution in [1.29, 1.82) is 0 Å². The highest BCUT2D eigenvalue weighted by molar-refractivity contribution is 5.74. The number of nitrogens with one attached hydrogen (secondary N) is 1. The molecule has 0 aliphatic carbocycles. The summed E-state index contributed by atoms with van der Waals surface area (Å²) in [6.45, 7) is 9.86. The van der Waals surface area contributed by atoms with Gasteiger partial charge in [-0.2, -0.15) is 0 Å². The molecule has 2 fully saturated rings. The Bertz CT molecular complexity index is 555. The van der Waals surface area contributed by atoms with Crippen LogP contribution in [0.3, 0.4) is 0 Å². The molecule has 126 valence electrons. The SMILES string of the molecule is Cc1ccc(N2CCC(CNC(=O)N3CCOCC3)C2)cc1C. The molecule has 5 nitrogen and oxygen atoms in total. The van der Waals surface area contributed by atoms with Crippen molar-refractivity contribution in [2.24, 2.45) is 5.92 Å². The van der Waals surface area contributed by atoms with E-state index >= 15 is 0 Å². The minimum Gasteiger partial charge on any atom is -0.378 e. The standard InChI is InChI=1S/C18H27N3O2/c1-14-3-4-17(11-15(14)2)21-6-5-16(13-21)12-19-18(22)20-7-9-23-10-8-20/h3-4,11,16H,5-10,12-13H2,1-2H3,(H,19,22). The summed E-state index contributed by atoms with van der Waals surface area (Å²) in [6.07, 6.45) is 1.14. The number of aryl methyl sites for hydroxylation is 2. The number of carbonyl (C=O) groups excluding carboxylic acids is 1. The number of urea groups is 1. The van der Waals surface area contributed by atoms with E-state index in [0.29, 0.717) is 32.2 Å². The Morgan fingerprint density at radius 1 is 1.22 bits per heavy atom. The Kier molecular flexibility index (Phi) is 5.06. The average molecular weight is 317 g/mol. The van der Waals surface area contributed by atoms with Crippen LogP contribution in [-0.2, 0) is 4.74 Å². The van der Waals surface area contributed by atoms with E-state index in [1.165, 1.54) is 16.8 Å². The molecule has 0 saturated carbocycles. The lowest BCUT2D eigenvalue weighted by Gasteiger charge is -2.27. The van der Waals surface area contributed by atoms with Crippen LogP contribution in [0.5, 0.6) is 0 Å². The van der Waals surface area contributed by atoms with Gasteiger partial charge in [-0.25, -0.2) is 4.79 Å². The normalized spacial score (nSPS) is 21.6. The van der Waals surface area contributed by atoms with Crippen LogP contribution in [0.25, 0.3) is 0 Å². The summed E-state index contributed by atoms with van der Waals surface area (Å²) in [7, 11) is 0. The summed E-state index contributed by atoms with van der Waals surface area (Å²) in [6, 6.07) is 6.72. The molecule has 5 heteroatoms. The second kappa shape index (κ2) is 7.21. The molecule has 1 aromatic rings. The van der Waals surface area contributed by atoms with Crippen molar-refractivity contribution in [2.75, 3.05) is 50.8 Å². The van der Waals surface area contributed by atoms with Gasteiger partial charge < -0.3 is 19.9 Å². The molecule has 2 aliphatic rings. The average Bonchev–Trinajstić information content (AvgIpc) is 3.05. The van der Waals surface area contributed by atoms with E-state index in [9.17, 15) is 4.79 Å². The van der Waals surface area contributed by atoms with Gasteiger partial charge >= 0.3 is 6.03 Å². The molecular formula is C18H27N3O2. The minimum atomic E-state index is 0.0536. The molecular weight excluding hydrogens is 290 g/mol. The molecule has 0 bridgehead atoms. The summed E-state index contributed by atoms with van der Waals surface area (Å²) in [5, 5.41) is 3.09. The maximum Gasteiger partial charge on any atom is 0.317 e. The molecule has 1 unspecified atom stereocenters. The van der Waals surface area contributed by atoms with Crippen molar-refractivity contribution in [2.45, 2.75) is 20.3 Å². The first-order chi connectivity index (χ1) is 11.1. The van der Waals surface area contributed by atoms with Crippen LogP contribution in [-0.4, -0.2) is 56.9 Å². The molecule has 0 spiro atoms. The Morgan fingerprint density at radius 2 is 2.00 bits per heavy atom. The van der Waals surface area contributed by atoms with Gasteiger partial charge in [-0.1, -0.05) is 6.07 Å². The maximum atomic E-state index is 12.1. The van der Waals surface area contributed by atoms with Crippen molar-refractivity contribution in [3.8, 4) is 0 Å². The van der Waals surface area contributed by atoms with Crippen molar-refractivity contribution in [3.05, 3.63) is 29.3 Å². The number of benzene rings is 1. The van der Waals surface area contributed by atoms with E-state index in [4.69, 9.17) is 4.74 Å². The van der Waals surface area contributed by atoms with Crippen LogP contribution in [0.4, 0.5) is 10.5 Å². The summed E-state index contributed by atoms with van der Waals surface area (Å²) in [4.78, 5) is 16.4. The van der Waals surface area contributed by atoms with E-state index < -0.39 is 0 Å². The molecule has 2 saturated heterocycles. The second-order valence-electron chi connectivity index (χ2n) is 6.65. The summed E-state index contributed by atoms with van der Waals surface area (Å²) in [5.74, 6) is 0.529. The fraction of sp³-hybridized carbons (Fsp3) is 0.611. The molecule has 23 heavy (non-hydrogen) atoms. The van der Waals surface area contributed by atoms with Crippen molar-refractivity contribution in [3.63, 3.8) is 0 Å². The van der Waals surface area contributed by atoms with Crippen LogP contribution in [0.1, 0.15) is 17.5 Å². The van der Waals surface area contributed by atoms with Gasteiger partial charge in [0.1, 0.15) is 0 Å². The molecule has 1 N–H and O–H groups in total. The Balaban J connectivity index is 1.47. The van der Waals surface area contributed by atoms with E-state index in [1.54, 1.807) is 0 Å². The summed E-state index contributed by atoms with van der Waals surface area (Å²) in [5.41, 5.74) is 3.98. The number of carbonyl (C=O) groups is 1. The molecule has 0 aromatic heterocycles. The lowest BCUT2D eigenvalue weighted by Crippen LogP contribution is -2.47. The molecule has 0 radical (unpaired) electrons. The van der Waals surface area contributed by atoms with Crippen LogP contribution in [0.2, 0.25) is 0 Å². The number of hydrogen-bond donors (Lipinski definition) is 1. The highest BCUT2D eigenvalue weighted by Gasteiger charge is 2.24. The largest absolute Gasteiger partial charge is 0.378 e. The highest BCUT2D eigenvalue weighted by atomic mass is 16.5. The summed E-state index contributed by atoms with van der Waals surface area (Å²) >= 11 is 0.